The van der Waals surface area contributed by atoms with E-state index in [4.69, 9.17) is 0 Å². The number of likely N-dealkylation sites (tertiary alicyclic amines) is 1. The first-order valence-corrected chi connectivity index (χ1v) is 6.76. The molecule has 2 amide bonds. The molecule has 0 saturated carbocycles. The largest absolute Gasteiger partial charge is 0.370 e. The number of benzene rings is 1. The van der Waals surface area contributed by atoms with E-state index < -0.39 is 0 Å². The molecule has 1 heterocycles. The number of anilines is 1. The van der Waals surface area contributed by atoms with Crippen LogP contribution in [0.25, 0.3) is 0 Å². The van der Waals surface area contributed by atoms with Crippen LogP contribution in [0.1, 0.15) is 25.3 Å². The van der Waals surface area contributed by atoms with Crippen LogP contribution in [0.4, 0.5) is 5.69 Å². The van der Waals surface area contributed by atoms with Gasteiger partial charge in [-0.2, -0.15) is 0 Å². The van der Waals surface area contributed by atoms with Crippen LogP contribution in [-0.4, -0.2) is 36.3 Å². The van der Waals surface area contributed by atoms with Crippen LogP contribution in [0, 0.1) is 6.92 Å². The number of hydrogen-bond donors (Lipinski definition) is 0. The van der Waals surface area contributed by atoms with Gasteiger partial charge in [-0.3, -0.25) is 14.5 Å². The van der Waals surface area contributed by atoms with Crippen molar-refractivity contribution >= 4 is 17.5 Å². The van der Waals surface area contributed by atoms with Gasteiger partial charge >= 0.3 is 0 Å². The lowest BCUT2D eigenvalue weighted by molar-refractivity contribution is -0.138. The molecule has 0 aromatic heterocycles. The molecular weight excluding hydrogens is 240 g/mol. The lowest BCUT2D eigenvalue weighted by Gasteiger charge is -2.25. The van der Waals surface area contributed by atoms with Crippen molar-refractivity contribution in [1.82, 2.24) is 4.90 Å². The lowest BCUT2D eigenvalue weighted by Crippen LogP contribution is -2.38. The van der Waals surface area contributed by atoms with Crippen LogP contribution in [0.5, 0.6) is 0 Å². The standard InChI is InChI=1S/C15H20N2O2/c1-3-16(13-6-4-12(2)5-7-13)10-11-17-14(18)8-9-15(17)19/h4-7H,3,8-11H2,1-2H3. The summed E-state index contributed by atoms with van der Waals surface area (Å²) in [5.41, 5.74) is 2.36. The van der Waals surface area contributed by atoms with E-state index in [0.717, 1.165) is 12.2 Å². The van der Waals surface area contributed by atoms with Gasteiger partial charge in [-0.1, -0.05) is 17.7 Å². The van der Waals surface area contributed by atoms with Crippen molar-refractivity contribution in [2.24, 2.45) is 0 Å². The van der Waals surface area contributed by atoms with Crippen LogP contribution in [0.15, 0.2) is 24.3 Å². The smallest absolute Gasteiger partial charge is 0.229 e. The van der Waals surface area contributed by atoms with Crippen LogP contribution >= 0.6 is 0 Å². The SMILES string of the molecule is CCN(CCN1C(=O)CCC1=O)c1ccc(C)cc1. The zero-order chi connectivity index (χ0) is 13.8. The van der Waals surface area contributed by atoms with Gasteiger partial charge in [0.1, 0.15) is 0 Å². The number of imide groups is 1. The van der Waals surface area contributed by atoms with E-state index in [0.29, 0.717) is 25.9 Å². The zero-order valence-electron chi connectivity index (χ0n) is 11.6. The first-order valence-electron chi connectivity index (χ1n) is 6.76. The van der Waals surface area contributed by atoms with Gasteiger partial charge in [0.15, 0.2) is 0 Å². The van der Waals surface area contributed by atoms with E-state index in [1.54, 1.807) is 0 Å². The van der Waals surface area contributed by atoms with E-state index in [1.807, 2.05) is 0 Å². The Labute approximate surface area is 114 Å². The zero-order valence-corrected chi connectivity index (χ0v) is 11.6. The van der Waals surface area contributed by atoms with Gasteiger partial charge in [0.2, 0.25) is 11.8 Å². The van der Waals surface area contributed by atoms with Gasteiger partial charge in [0.25, 0.3) is 0 Å². The highest BCUT2D eigenvalue weighted by molar-refractivity contribution is 6.01. The maximum absolute atomic E-state index is 11.6. The number of amides is 2. The quantitative estimate of drug-likeness (QED) is 0.760. The van der Waals surface area contributed by atoms with Crippen LogP contribution in [0.2, 0.25) is 0 Å². The first kappa shape index (κ1) is 13.6. The molecule has 0 unspecified atom stereocenters. The average molecular weight is 260 g/mol. The van der Waals surface area contributed by atoms with Gasteiger partial charge in [-0.05, 0) is 26.0 Å². The van der Waals surface area contributed by atoms with Crippen molar-refractivity contribution in [3.8, 4) is 0 Å². The third kappa shape index (κ3) is 3.13. The fraction of sp³-hybridized carbons (Fsp3) is 0.467. The van der Waals surface area contributed by atoms with Gasteiger partial charge in [0.05, 0.1) is 0 Å². The van der Waals surface area contributed by atoms with Gasteiger partial charge < -0.3 is 4.90 Å². The lowest BCUT2D eigenvalue weighted by atomic mass is 10.2. The summed E-state index contributed by atoms with van der Waals surface area (Å²) in [6.07, 6.45) is 0.741. The number of aryl methyl sites for hydroxylation is 1. The summed E-state index contributed by atoms with van der Waals surface area (Å²) < 4.78 is 0. The molecule has 4 heteroatoms. The minimum absolute atomic E-state index is 0.0371. The molecule has 1 aliphatic heterocycles. The minimum atomic E-state index is -0.0371. The molecular formula is C15H20N2O2. The Morgan fingerprint density at radius 2 is 1.68 bits per heavy atom. The fourth-order valence-electron chi connectivity index (χ4n) is 2.32. The van der Waals surface area contributed by atoms with Gasteiger partial charge in [-0.25, -0.2) is 0 Å². The van der Waals surface area contributed by atoms with Gasteiger partial charge in [-0.15, -0.1) is 0 Å². The maximum atomic E-state index is 11.6. The molecule has 1 aromatic rings. The molecule has 102 valence electrons. The second-order valence-electron chi connectivity index (χ2n) is 4.85. The van der Waals surface area contributed by atoms with Crippen LogP contribution in [-0.2, 0) is 9.59 Å². The van der Waals surface area contributed by atoms with Crippen molar-refractivity contribution in [3.63, 3.8) is 0 Å². The van der Waals surface area contributed by atoms with Gasteiger partial charge in [0, 0.05) is 38.2 Å². The van der Waals surface area contributed by atoms with E-state index in [1.165, 1.54) is 10.5 Å². The molecule has 0 atom stereocenters. The Bertz CT molecular complexity index is 452. The number of carbonyl (C=O) groups excluding carboxylic acids is 2. The van der Waals surface area contributed by atoms with Crippen LogP contribution < -0.4 is 4.90 Å². The summed E-state index contributed by atoms with van der Waals surface area (Å²) in [6, 6.07) is 8.30. The Kier molecular flexibility index (Phi) is 4.20. The molecule has 19 heavy (non-hydrogen) atoms. The summed E-state index contributed by atoms with van der Waals surface area (Å²) in [5, 5.41) is 0. The summed E-state index contributed by atoms with van der Waals surface area (Å²) >= 11 is 0. The molecule has 0 radical (unpaired) electrons. The third-order valence-electron chi connectivity index (χ3n) is 3.53. The average Bonchev–Trinajstić information content (AvgIpc) is 2.72. The molecule has 1 aliphatic rings. The molecule has 4 nitrogen and oxygen atoms in total. The normalized spacial score (nSPS) is 15.2. The Hall–Kier alpha value is -1.84. The molecule has 0 aliphatic carbocycles. The highest BCUT2D eigenvalue weighted by atomic mass is 16.2. The summed E-state index contributed by atoms with van der Waals surface area (Å²) in [5.74, 6) is -0.0741. The molecule has 1 saturated heterocycles. The molecule has 1 fully saturated rings. The Balaban J connectivity index is 1.98. The van der Waals surface area contributed by atoms with E-state index >= 15 is 0 Å². The predicted molar refractivity (Wildman–Crippen MR) is 75.0 cm³/mol. The van der Waals surface area contributed by atoms with E-state index in [9.17, 15) is 9.59 Å². The minimum Gasteiger partial charge on any atom is -0.370 e. The maximum Gasteiger partial charge on any atom is 0.229 e. The Morgan fingerprint density at radius 3 is 2.21 bits per heavy atom. The second kappa shape index (κ2) is 5.87. The second-order valence-corrected chi connectivity index (χ2v) is 4.85. The molecule has 1 aromatic carbocycles. The summed E-state index contributed by atoms with van der Waals surface area (Å²) in [7, 11) is 0. The van der Waals surface area contributed by atoms with E-state index in [-0.39, 0.29) is 11.8 Å². The number of nitrogens with zero attached hydrogens (tertiary/aromatic N) is 2. The van der Waals surface area contributed by atoms with Crippen LogP contribution in [0.3, 0.4) is 0 Å². The predicted octanol–water partition coefficient (Wildman–Crippen LogP) is 1.97. The van der Waals surface area contributed by atoms with Crippen molar-refractivity contribution in [1.29, 1.82) is 0 Å². The highest BCUT2D eigenvalue weighted by Crippen LogP contribution is 2.16. The molecule has 0 spiro atoms. The van der Waals surface area contributed by atoms with Crippen molar-refractivity contribution in [2.75, 3.05) is 24.5 Å². The van der Waals surface area contributed by atoms with Crippen molar-refractivity contribution in [2.45, 2.75) is 26.7 Å². The first-order chi connectivity index (χ1) is 9.11. The third-order valence-corrected chi connectivity index (χ3v) is 3.53. The number of rotatable bonds is 5. The molecule has 0 bridgehead atoms. The van der Waals surface area contributed by atoms with E-state index in [2.05, 4.69) is 43.0 Å². The highest BCUT2D eigenvalue weighted by Gasteiger charge is 2.28. The summed E-state index contributed by atoms with van der Waals surface area (Å²) in [4.78, 5) is 26.7. The topological polar surface area (TPSA) is 40.6 Å². The summed E-state index contributed by atoms with van der Waals surface area (Å²) in [6.45, 7) is 6.17. The Morgan fingerprint density at radius 1 is 1.11 bits per heavy atom. The number of likely N-dealkylation sites (N-methyl/N-ethyl adjacent to an activating group) is 1. The number of hydrogen-bond acceptors (Lipinski definition) is 3. The fourth-order valence-corrected chi connectivity index (χ4v) is 2.32. The molecule has 0 N–H and O–H groups in total. The monoisotopic (exact) mass is 260 g/mol. The molecule has 2 rings (SSSR count). The number of carbonyl (C=O) groups is 2. The van der Waals surface area contributed by atoms with Crippen molar-refractivity contribution in [3.05, 3.63) is 29.8 Å². The van der Waals surface area contributed by atoms with Crippen molar-refractivity contribution < 1.29 is 9.59 Å².